The van der Waals surface area contributed by atoms with Crippen LogP contribution in [0, 0.1) is 17.8 Å². The van der Waals surface area contributed by atoms with E-state index in [9.17, 15) is 12.8 Å². The third-order valence-electron chi connectivity index (χ3n) is 6.61. The molecular formula is C23H28ClFN4O4S. The Kier molecular flexibility index (Phi) is 6.52. The van der Waals surface area contributed by atoms with E-state index in [-0.39, 0.29) is 55.3 Å². The van der Waals surface area contributed by atoms with Crippen molar-refractivity contribution in [3.8, 4) is 16.9 Å². The first-order valence-corrected chi connectivity index (χ1v) is 12.7. The van der Waals surface area contributed by atoms with Crippen LogP contribution in [0.5, 0.6) is 5.75 Å². The minimum Gasteiger partial charge on any atom is -0.490 e. The van der Waals surface area contributed by atoms with Gasteiger partial charge in [-0.1, -0.05) is 19.9 Å². The summed E-state index contributed by atoms with van der Waals surface area (Å²) in [5, 5.41) is 0. The molecular weight excluding hydrogens is 483 g/mol. The van der Waals surface area contributed by atoms with Gasteiger partial charge in [-0.3, -0.25) is 0 Å². The van der Waals surface area contributed by atoms with Crippen LogP contribution >= 0.6 is 12.4 Å². The summed E-state index contributed by atoms with van der Waals surface area (Å²) < 4.78 is 53.9. The number of sulfonamides is 1. The van der Waals surface area contributed by atoms with Gasteiger partial charge in [0.25, 0.3) is 6.02 Å². The number of rotatable bonds is 4. The topological polar surface area (TPSA) is 107 Å². The predicted octanol–water partition coefficient (Wildman–Crippen LogP) is 2.92. The van der Waals surface area contributed by atoms with Crippen LogP contribution in [0.2, 0.25) is 0 Å². The molecule has 1 saturated heterocycles. The summed E-state index contributed by atoms with van der Waals surface area (Å²) in [7, 11) is -3.43. The van der Waals surface area contributed by atoms with Crippen molar-refractivity contribution >= 4 is 28.5 Å². The summed E-state index contributed by atoms with van der Waals surface area (Å²) in [6, 6.07) is 8.82. The Hall–Kier alpha value is -2.43. The molecule has 1 spiro atoms. The fourth-order valence-electron chi connectivity index (χ4n) is 5.16. The van der Waals surface area contributed by atoms with E-state index in [0.29, 0.717) is 35.4 Å². The minimum absolute atomic E-state index is 0. The summed E-state index contributed by atoms with van der Waals surface area (Å²) in [5.41, 5.74) is 6.75. The zero-order valence-corrected chi connectivity index (χ0v) is 20.6. The molecule has 3 aliphatic heterocycles. The molecule has 34 heavy (non-hydrogen) atoms. The Morgan fingerprint density at radius 2 is 2.12 bits per heavy atom. The number of ether oxygens (including phenoxy) is 2. The van der Waals surface area contributed by atoms with Crippen molar-refractivity contribution < 1.29 is 22.3 Å². The van der Waals surface area contributed by atoms with Gasteiger partial charge in [0.1, 0.15) is 24.0 Å². The van der Waals surface area contributed by atoms with E-state index in [1.807, 2.05) is 19.9 Å². The number of nitrogens with two attached hydrogens (primary N) is 1. The maximum absolute atomic E-state index is 14.4. The van der Waals surface area contributed by atoms with Crippen LogP contribution in [0.3, 0.4) is 0 Å². The number of pyridine rings is 1. The number of piperidine rings is 1. The molecule has 0 saturated carbocycles. The number of halogens is 2. The second kappa shape index (κ2) is 8.98. The molecule has 11 heteroatoms. The first kappa shape index (κ1) is 24.7. The molecule has 3 aliphatic rings. The number of aromatic nitrogens is 1. The molecule has 3 atom stereocenters. The van der Waals surface area contributed by atoms with Crippen LogP contribution in [0.15, 0.2) is 41.5 Å². The average molecular weight is 511 g/mol. The molecule has 2 aromatic rings. The van der Waals surface area contributed by atoms with Crippen molar-refractivity contribution in [3.63, 3.8) is 0 Å². The van der Waals surface area contributed by atoms with E-state index >= 15 is 0 Å². The van der Waals surface area contributed by atoms with Gasteiger partial charge in [0, 0.05) is 36.3 Å². The molecule has 1 fully saturated rings. The van der Waals surface area contributed by atoms with Crippen LogP contribution in [0.1, 0.15) is 25.8 Å². The fourth-order valence-corrected chi connectivity index (χ4v) is 6.98. The number of aliphatic imine (C=N–C) groups is 1. The third kappa shape index (κ3) is 4.12. The van der Waals surface area contributed by atoms with Gasteiger partial charge < -0.3 is 15.2 Å². The second-order valence-electron chi connectivity index (χ2n) is 9.30. The summed E-state index contributed by atoms with van der Waals surface area (Å²) in [6.45, 7) is 4.60. The molecule has 0 amide bonds. The monoisotopic (exact) mass is 510 g/mol. The lowest BCUT2D eigenvalue weighted by molar-refractivity contribution is -0.00350. The van der Waals surface area contributed by atoms with Crippen LogP contribution in [-0.4, -0.2) is 55.3 Å². The molecule has 4 heterocycles. The van der Waals surface area contributed by atoms with Crippen molar-refractivity contribution in [1.82, 2.24) is 9.29 Å². The summed E-state index contributed by atoms with van der Waals surface area (Å²) >= 11 is 0. The van der Waals surface area contributed by atoms with Crippen LogP contribution < -0.4 is 10.5 Å². The molecule has 0 radical (unpaired) electrons. The summed E-state index contributed by atoms with van der Waals surface area (Å²) in [6.07, 6.45) is 1.70. The highest BCUT2D eigenvalue weighted by Crippen LogP contribution is 2.51. The predicted molar refractivity (Wildman–Crippen MR) is 129 cm³/mol. The number of benzene rings is 1. The highest BCUT2D eigenvalue weighted by molar-refractivity contribution is 7.89. The Morgan fingerprint density at radius 1 is 1.32 bits per heavy atom. The first-order chi connectivity index (χ1) is 15.7. The quantitative estimate of drug-likeness (QED) is 0.634. The molecule has 0 aliphatic carbocycles. The second-order valence-corrected chi connectivity index (χ2v) is 11.3. The van der Waals surface area contributed by atoms with Gasteiger partial charge in [-0.2, -0.15) is 4.39 Å². The standard InChI is InChI=1S/C23H27FN4O4S.ClH/c1-14(2)12-33(29,30)28-9-7-20-18(11-28)23(13-31-22(25)27-23)17-10-15(5-6-19(17)32-20)16-4-3-8-26-21(16)24;/h3-6,8,10,14,18,20H,7,9,11-13H2,1-2H3,(H2,25,27);1H. The number of hydrogen-bond donors (Lipinski definition) is 1. The Morgan fingerprint density at radius 3 is 2.79 bits per heavy atom. The highest BCUT2D eigenvalue weighted by atomic mass is 35.5. The van der Waals surface area contributed by atoms with Gasteiger partial charge in [0.2, 0.25) is 16.0 Å². The number of amidine groups is 1. The lowest BCUT2D eigenvalue weighted by Gasteiger charge is -2.48. The highest BCUT2D eigenvalue weighted by Gasteiger charge is 2.56. The van der Waals surface area contributed by atoms with Crippen molar-refractivity contribution in [2.75, 3.05) is 25.4 Å². The normalized spacial score (nSPS) is 26.2. The first-order valence-electron chi connectivity index (χ1n) is 11.1. The SMILES string of the molecule is CC(C)CS(=O)(=O)N1CCC2Oc3ccc(-c4cccnc4F)cc3C3(COC(N)=N3)C2C1.Cl. The maximum Gasteiger partial charge on any atom is 0.283 e. The van der Waals surface area contributed by atoms with E-state index in [1.165, 1.54) is 6.20 Å². The van der Waals surface area contributed by atoms with Crippen molar-refractivity contribution in [1.29, 1.82) is 0 Å². The van der Waals surface area contributed by atoms with Crippen molar-refractivity contribution in [2.24, 2.45) is 22.6 Å². The van der Waals surface area contributed by atoms with E-state index in [2.05, 4.69) is 4.98 Å². The van der Waals surface area contributed by atoms with Gasteiger partial charge in [0.15, 0.2) is 0 Å². The molecule has 184 valence electrons. The Bertz CT molecular complexity index is 1230. The molecule has 5 rings (SSSR count). The van der Waals surface area contributed by atoms with Gasteiger partial charge in [-0.15, -0.1) is 12.4 Å². The fraction of sp³-hybridized carbons (Fsp3) is 0.478. The Balaban J connectivity index is 0.00000274. The smallest absolute Gasteiger partial charge is 0.283 e. The lowest BCUT2D eigenvalue weighted by atomic mass is 9.71. The van der Waals surface area contributed by atoms with E-state index in [4.69, 9.17) is 20.2 Å². The summed E-state index contributed by atoms with van der Waals surface area (Å²) in [4.78, 5) is 8.45. The lowest BCUT2D eigenvalue weighted by Crippen LogP contribution is -2.58. The van der Waals surface area contributed by atoms with Gasteiger partial charge in [0.05, 0.1) is 5.75 Å². The van der Waals surface area contributed by atoms with Gasteiger partial charge >= 0.3 is 0 Å². The number of hydrogen-bond acceptors (Lipinski definition) is 7. The molecule has 2 N–H and O–H groups in total. The van der Waals surface area contributed by atoms with Crippen LogP contribution in [0.4, 0.5) is 4.39 Å². The third-order valence-corrected chi connectivity index (χ3v) is 8.81. The van der Waals surface area contributed by atoms with Crippen molar-refractivity contribution in [3.05, 3.63) is 48.0 Å². The van der Waals surface area contributed by atoms with Crippen LogP contribution in [0.25, 0.3) is 11.1 Å². The number of fused-ring (bicyclic) bond motifs is 4. The molecule has 1 aromatic heterocycles. The van der Waals surface area contributed by atoms with E-state index in [1.54, 1.807) is 28.6 Å². The molecule has 0 bridgehead atoms. The van der Waals surface area contributed by atoms with E-state index in [0.717, 1.165) is 0 Å². The minimum atomic E-state index is -3.43. The molecule has 8 nitrogen and oxygen atoms in total. The number of nitrogens with zero attached hydrogens (tertiary/aromatic N) is 3. The largest absolute Gasteiger partial charge is 0.490 e. The molecule has 1 aromatic carbocycles. The van der Waals surface area contributed by atoms with Gasteiger partial charge in [-0.05, 0) is 42.2 Å². The van der Waals surface area contributed by atoms with E-state index < -0.39 is 21.5 Å². The summed E-state index contributed by atoms with van der Waals surface area (Å²) in [5.74, 6) is -0.136. The van der Waals surface area contributed by atoms with Crippen molar-refractivity contribution in [2.45, 2.75) is 31.9 Å². The Labute approximate surface area is 204 Å². The average Bonchev–Trinajstić information content (AvgIpc) is 3.15. The van der Waals surface area contributed by atoms with Crippen LogP contribution in [-0.2, 0) is 20.3 Å². The zero-order chi connectivity index (χ0) is 23.4. The molecule has 3 unspecified atom stereocenters. The van der Waals surface area contributed by atoms with Gasteiger partial charge in [-0.25, -0.2) is 22.7 Å². The zero-order valence-electron chi connectivity index (χ0n) is 19.0. The maximum atomic E-state index is 14.4.